The number of hydrogen-bond acceptors (Lipinski definition) is 4. The second-order valence-corrected chi connectivity index (χ2v) is 5.48. The Morgan fingerprint density at radius 3 is 2.67 bits per heavy atom. The van der Waals surface area contributed by atoms with Crippen molar-refractivity contribution in [2.75, 3.05) is 26.0 Å². The second kappa shape index (κ2) is 6.66. The molecule has 0 fully saturated rings. The number of pyridine rings is 1. The van der Waals surface area contributed by atoms with E-state index in [2.05, 4.69) is 43.1 Å². The van der Waals surface area contributed by atoms with Gasteiger partial charge in [0, 0.05) is 24.3 Å². The van der Waals surface area contributed by atoms with Crippen molar-refractivity contribution in [2.24, 2.45) is 11.7 Å². The smallest absolute Gasteiger partial charge is 0.106 e. The van der Waals surface area contributed by atoms with E-state index in [9.17, 15) is 0 Å². The molecule has 5 heteroatoms. The van der Waals surface area contributed by atoms with Crippen LogP contribution in [0.3, 0.4) is 0 Å². The van der Waals surface area contributed by atoms with E-state index >= 15 is 0 Å². The minimum Gasteiger partial charge on any atom is -0.389 e. The minimum atomic E-state index is 0.331. The van der Waals surface area contributed by atoms with E-state index in [0.29, 0.717) is 16.9 Å². The first-order valence-electron chi connectivity index (χ1n) is 6.07. The lowest BCUT2D eigenvalue weighted by Gasteiger charge is -2.27. The Kier molecular flexibility index (Phi) is 5.50. The Bertz CT molecular complexity index is 404. The van der Waals surface area contributed by atoms with Crippen molar-refractivity contribution in [2.45, 2.75) is 19.9 Å². The number of thiocarbonyl (C=S) groups is 1. The van der Waals surface area contributed by atoms with E-state index in [4.69, 9.17) is 18.0 Å². The van der Waals surface area contributed by atoms with Gasteiger partial charge in [0.15, 0.2) is 0 Å². The fourth-order valence-electron chi connectivity index (χ4n) is 1.74. The molecule has 1 heterocycles. The fraction of sp³-hybridized carbons (Fsp3) is 0.538. The number of rotatable bonds is 6. The molecule has 0 aliphatic rings. The summed E-state index contributed by atoms with van der Waals surface area (Å²) in [7, 11) is 4.13. The molecule has 1 unspecified atom stereocenters. The third kappa shape index (κ3) is 4.23. The van der Waals surface area contributed by atoms with Crippen LogP contribution in [0.1, 0.15) is 19.4 Å². The summed E-state index contributed by atoms with van der Waals surface area (Å²) in [5, 5.41) is 3.49. The zero-order chi connectivity index (χ0) is 13.7. The standard InChI is InChI=1S/C13H22N4S/c1-9(2)12(8-17(3)4)16-11-7-15-6-5-10(11)13(14)18/h5-7,9,12,16H,8H2,1-4H3,(H2,14,18). The summed E-state index contributed by atoms with van der Waals surface area (Å²) in [6, 6.07) is 2.18. The van der Waals surface area contributed by atoms with Crippen LogP contribution in [0.2, 0.25) is 0 Å². The van der Waals surface area contributed by atoms with Gasteiger partial charge in [0.1, 0.15) is 4.99 Å². The van der Waals surface area contributed by atoms with Crippen LogP contribution in [0.4, 0.5) is 5.69 Å². The maximum absolute atomic E-state index is 5.72. The molecule has 1 rings (SSSR count). The van der Waals surface area contributed by atoms with Crippen LogP contribution in [0, 0.1) is 5.92 Å². The Morgan fingerprint density at radius 2 is 2.17 bits per heavy atom. The predicted molar refractivity (Wildman–Crippen MR) is 80.9 cm³/mol. The molecule has 0 saturated carbocycles. The van der Waals surface area contributed by atoms with E-state index in [-0.39, 0.29) is 0 Å². The quantitative estimate of drug-likeness (QED) is 0.768. The molecule has 0 aromatic carbocycles. The fourth-order valence-corrected chi connectivity index (χ4v) is 1.92. The topological polar surface area (TPSA) is 54.2 Å². The van der Waals surface area contributed by atoms with E-state index in [0.717, 1.165) is 17.8 Å². The van der Waals surface area contributed by atoms with Gasteiger partial charge < -0.3 is 16.0 Å². The third-order valence-electron chi connectivity index (χ3n) is 2.79. The van der Waals surface area contributed by atoms with Crippen molar-refractivity contribution in [1.82, 2.24) is 9.88 Å². The number of nitrogens with one attached hydrogen (secondary N) is 1. The first kappa shape index (κ1) is 14.9. The van der Waals surface area contributed by atoms with E-state index in [1.165, 1.54) is 0 Å². The van der Waals surface area contributed by atoms with Gasteiger partial charge >= 0.3 is 0 Å². The molecule has 100 valence electrons. The molecule has 0 spiro atoms. The van der Waals surface area contributed by atoms with Crippen LogP contribution >= 0.6 is 12.2 Å². The summed E-state index contributed by atoms with van der Waals surface area (Å²) in [6.07, 6.45) is 3.48. The lowest BCUT2D eigenvalue weighted by molar-refractivity contribution is 0.344. The summed E-state index contributed by atoms with van der Waals surface area (Å²) >= 11 is 5.06. The van der Waals surface area contributed by atoms with Crippen LogP contribution in [0.25, 0.3) is 0 Å². The summed E-state index contributed by atoms with van der Waals surface area (Å²) in [4.78, 5) is 6.68. The Labute approximate surface area is 115 Å². The SMILES string of the molecule is CC(C)C(CN(C)C)Nc1cnccc1C(N)=S. The molecule has 0 saturated heterocycles. The summed E-state index contributed by atoms with van der Waals surface area (Å²) in [5.74, 6) is 0.506. The van der Waals surface area contributed by atoms with E-state index < -0.39 is 0 Å². The summed E-state index contributed by atoms with van der Waals surface area (Å²) in [6.45, 7) is 5.33. The molecule has 0 amide bonds. The molecule has 1 aromatic heterocycles. The van der Waals surface area contributed by atoms with Gasteiger partial charge in [-0.3, -0.25) is 4.98 Å². The highest BCUT2D eigenvalue weighted by molar-refractivity contribution is 7.80. The maximum atomic E-state index is 5.72. The first-order chi connectivity index (χ1) is 8.41. The zero-order valence-corrected chi connectivity index (χ0v) is 12.3. The van der Waals surface area contributed by atoms with Crippen molar-refractivity contribution in [3.05, 3.63) is 24.0 Å². The van der Waals surface area contributed by atoms with Gasteiger partial charge in [-0.2, -0.15) is 0 Å². The third-order valence-corrected chi connectivity index (χ3v) is 3.01. The second-order valence-electron chi connectivity index (χ2n) is 5.04. The number of aromatic nitrogens is 1. The molecule has 1 aromatic rings. The van der Waals surface area contributed by atoms with Crippen LogP contribution in [-0.2, 0) is 0 Å². The molecule has 1 atom stereocenters. The molecular weight excluding hydrogens is 244 g/mol. The highest BCUT2D eigenvalue weighted by Gasteiger charge is 2.16. The van der Waals surface area contributed by atoms with Gasteiger partial charge in [0.2, 0.25) is 0 Å². The van der Waals surface area contributed by atoms with Gasteiger partial charge in [0.25, 0.3) is 0 Å². The lowest BCUT2D eigenvalue weighted by Crippen LogP contribution is -2.37. The minimum absolute atomic E-state index is 0.331. The van der Waals surface area contributed by atoms with Crippen molar-refractivity contribution in [1.29, 1.82) is 0 Å². The number of nitrogens with two attached hydrogens (primary N) is 1. The number of likely N-dealkylation sites (N-methyl/N-ethyl adjacent to an activating group) is 1. The number of hydrogen-bond donors (Lipinski definition) is 2. The highest BCUT2D eigenvalue weighted by atomic mass is 32.1. The van der Waals surface area contributed by atoms with Gasteiger partial charge in [-0.1, -0.05) is 26.1 Å². The average molecular weight is 266 g/mol. The molecule has 4 nitrogen and oxygen atoms in total. The zero-order valence-electron chi connectivity index (χ0n) is 11.5. The molecule has 18 heavy (non-hydrogen) atoms. The summed E-state index contributed by atoms with van der Waals surface area (Å²) in [5.41, 5.74) is 7.48. The predicted octanol–water partition coefficient (Wildman–Crippen LogP) is 1.71. The Balaban J connectivity index is 2.90. The van der Waals surface area contributed by atoms with Gasteiger partial charge in [-0.25, -0.2) is 0 Å². The van der Waals surface area contributed by atoms with Crippen molar-refractivity contribution < 1.29 is 0 Å². The lowest BCUT2D eigenvalue weighted by atomic mass is 10.0. The Morgan fingerprint density at radius 1 is 1.50 bits per heavy atom. The largest absolute Gasteiger partial charge is 0.389 e. The van der Waals surface area contributed by atoms with Gasteiger partial charge in [-0.05, 0) is 26.1 Å². The van der Waals surface area contributed by atoms with Crippen molar-refractivity contribution in [3.8, 4) is 0 Å². The van der Waals surface area contributed by atoms with Crippen LogP contribution in [0.5, 0.6) is 0 Å². The Hall–Kier alpha value is -1.20. The van der Waals surface area contributed by atoms with Gasteiger partial charge in [-0.15, -0.1) is 0 Å². The number of anilines is 1. The maximum Gasteiger partial charge on any atom is 0.106 e. The van der Waals surface area contributed by atoms with Crippen LogP contribution in [-0.4, -0.2) is 41.6 Å². The first-order valence-corrected chi connectivity index (χ1v) is 6.47. The van der Waals surface area contributed by atoms with Gasteiger partial charge in [0.05, 0.1) is 11.9 Å². The highest BCUT2D eigenvalue weighted by Crippen LogP contribution is 2.17. The molecule has 0 aliphatic heterocycles. The molecule has 0 radical (unpaired) electrons. The van der Waals surface area contributed by atoms with Crippen LogP contribution in [0.15, 0.2) is 18.5 Å². The van der Waals surface area contributed by atoms with E-state index in [1.54, 1.807) is 12.4 Å². The summed E-state index contributed by atoms with van der Waals surface area (Å²) < 4.78 is 0. The number of nitrogens with zero attached hydrogens (tertiary/aromatic N) is 2. The monoisotopic (exact) mass is 266 g/mol. The average Bonchev–Trinajstić information content (AvgIpc) is 2.27. The van der Waals surface area contributed by atoms with Crippen molar-refractivity contribution >= 4 is 22.9 Å². The van der Waals surface area contributed by atoms with Crippen molar-refractivity contribution in [3.63, 3.8) is 0 Å². The van der Waals surface area contributed by atoms with E-state index in [1.807, 2.05) is 6.07 Å². The molecule has 0 bridgehead atoms. The molecule has 0 aliphatic carbocycles. The molecule has 3 N–H and O–H groups in total. The van der Waals surface area contributed by atoms with Crippen LogP contribution < -0.4 is 11.1 Å². The normalized spacial score (nSPS) is 12.8. The molecular formula is C13H22N4S.